The molecule has 0 heterocycles. The fourth-order valence-corrected chi connectivity index (χ4v) is 3.90. The van der Waals surface area contributed by atoms with Crippen LogP contribution in [0.5, 0.6) is 0 Å². The van der Waals surface area contributed by atoms with Gasteiger partial charge in [0.2, 0.25) is 0 Å². The monoisotopic (exact) mass is 277 g/mol. The Morgan fingerprint density at radius 1 is 1.00 bits per heavy atom. The van der Waals surface area contributed by atoms with Crippen LogP contribution in [-0.2, 0) is 5.41 Å². The number of nitrogens with two attached hydrogens (primary N) is 1. The molecule has 0 bridgehead atoms. The number of benzene rings is 1. The molecule has 1 saturated carbocycles. The van der Waals surface area contributed by atoms with Crippen molar-refractivity contribution in [2.75, 3.05) is 0 Å². The summed E-state index contributed by atoms with van der Waals surface area (Å²) < 4.78 is 0. The Bertz CT molecular complexity index is 391. The van der Waals surface area contributed by atoms with E-state index in [-0.39, 0.29) is 5.41 Å². The molecule has 0 radical (unpaired) electrons. The lowest BCUT2D eigenvalue weighted by molar-refractivity contribution is 0.589. The largest absolute Gasteiger partial charge is 0.327 e. The van der Waals surface area contributed by atoms with E-state index in [1.54, 1.807) is 0 Å². The topological polar surface area (TPSA) is 26.0 Å². The fourth-order valence-electron chi connectivity index (χ4n) is 2.66. The summed E-state index contributed by atoms with van der Waals surface area (Å²) in [5.41, 5.74) is 7.95. The zero-order valence-electron chi connectivity index (χ0n) is 12.5. The number of hydrogen-bond acceptors (Lipinski definition) is 2. The van der Waals surface area contributed by atoms with Crippen LogP contribution in [0.25, 0.3) is 0 Å². The Morgan fingerprint density at radius 2 is 1.63 bits per heavy atom. The van der Waals surface area contributed by atoms with Gasteiger partial charge in [-0.3, -0.25) is 0 Å². The molecular formula is C17H27NS. The van der Waals surface area contributed by atoms with Crippen LogP contribution in [0.4, 0.5) is 0 Å². The van der Waals surface area contributed by atoms with Gasteiger partial charge in [-0.15, -0.1) is 11.8 Å². The molecule has 1 aromatic carbocycles. The Morgan fingerprint density at radius 3 is 2.26 bits per heavy atom. The van der Waals surface area contributed by atoms with Crippen molar-refractivity contribution >= 4 is 11.8 Å². The van der Waals surface area contributed by atoms with Crippen LogP contribution >= 0.6 is 11.8 Å². The quantitative estimate of drug-likeness (QED) is 0.790. The van der Waals surface area contributed by atoms with Crippen molar-refractivity contribution in [3.8, 4) is 0 Å². The highest BCUT2D eigenvalue weighted by atomic mass is 32.2. The highest BCUT2D eigenvalue weighted by molar-refractivity contribution is 8.00. The van der Waals surface area contributed by atoms with Crippen LogP contribution in [0.3, 0.4) is 0 Å². The molecule has 2 unspecified atom stereocenters. The van der Waals surface area contributed by atoms with E-state index in [1.807, 2.05) is 11.8 Å². The Kier molecular flexibility index (Phi) is 4.97. The van der Waals surface area contributed by atoms with E-state index in [0.29, 0.717) is 11.3 Å². The number of thioether (sulfide) groups is 1. The summed E-state index contributed by atoms with van der Waals surface area (Å²) in [6.45, 7) is 6.78. The first-order chi connectivity index (χ1) is 8.97. The van der Waals surface area contributed by atoms with Gasteiger partial charge < -0.3 is 5.73 Å². The van der Waals surface area contributed by atoms with E-state index < -0.39 is 0 Å². The third-order valence-electron chi connectivity index (χ3n) is 4.01. The maximum atomic E-state index is 6.31. The highest BCUT2D eigenvalue weighted by Gasteiger charge is 2.21. The molecule has 19 heavy (non-hydrogen) atoms. The van der Waals surface area contributed by atoms with Gasteiger partial charge in [-0.05, 0) is 36.0 Å². The minimum absolute atomic E-state index is 0.238. The maximum Gasteiger partial charge on any atom is 0.0246 e. The first-order valence-corrected chi connectivity index (χ1v) is 8.37. The lowest BCUT2D eigenvalue weighted by Gasteiger charge is -2.22. The standard InChI is InChI=1S/C17H27NS/c1-17(2,3)13-9-11-14(12-10-13)19-16-8-6-4-5-7-15(16)18/h9-12,15-16H,4-8,18H2,1-3H3. The first kappa shape index (κ1) is 14.9. The summed E-state index contributed by atoms with van der Waals surface area (Å²) in [6.07, 6.45) is 6.46. The van der Waals surface area contributed by atoms with Crippen LogP contribution in [0.1, 0.15) is 58.4 Å². The third-order valence-corrected chi connectivity index (χ3v) is 5.44. The second-order valence-corrected chi connectivity index (χ2v) is 8.05. The molecule has 2 heteroatoms. The summed E-state index contributed by atoms with van der Waals surface area (Å²) >= 11 is 1.98. The van der Waals surface area contributed by atoms with Gasteiger partial charge in [0.1, 0.15) is 0 Å². The Labute approximate surface area is 122 Å². The van der Waals surface area contributed by atoms with E-state index in [4.69, 9.17) is 5.73 Å². The second-order valence-electron chi connectivity index (χ2n) is 6.73. The van der Waals surface area contributed by atoms with Gasteiger partial charge in [-0.2, -0.15) is 0 Å². The van der Waals surface area contributed by atoms with E-state index in [9.17, 15) is 0 Å². The van der Waals surface area contributed by atoms with Gasteiger partial charge in [-0.1, -0.05) is 52.2 Å². The van der Waals surface area contributed by atoms with E-state index in [0.717, 1.165) is 0 Å². The molecule has 1 aromatic rings. The molecule has 1 fully saturated rings. The van der Waals surface area contributed by atoms with Crippen LogP contribution in [0.15, 0.2) is 29.2 Å². The van der Waals surface area contributed by atoms with E-state index in [1.165, 1.54) is 42.6 Å². The predicted octanol–water partition coefficient (Wildman–Crippen LogP) is 4.74. The molecule has 0 amide bonds. The number of hydrogen-bond donors (Lipinski definition) is 1. The van der Waals surface area contributed by atoms with Crippen LogP contribution < -0.4 is 5.73 Å². The SMILES string of the molecule is CC(C)(C)c1ccc(SC2CCCCCC2N)cc1. The first-order valence-electron chi connectivity index (χ1n) is 7.49. The average molecular weight is 277 g/mol. The van der Waals surface area contributed by atoms with Crippen LogP contribution in [-0.4, -0.2) is 11.3 Å². The van der Waals surface area contributed by atoms with Crippen LogP contribution in [0, 0.1) is 0 Å². The van der Waals surface area contributed by atoms with Gasteiger partial charge in [0.25, 0.3) is 0 Å². The average Bonchev–Trinajstić information content (AvgIpc) is 2.55. The summed E-state index contributed by atoms with van der Waals surface area (Å²) in [6, 6.07) is 9.44. The molecule has 2 atom stereocenters. The van der Waals surface area contributed by atoms with E-state index >= 15 is 0 Å². The second kappa shape index (κ2) is 6.32. The van der Waals surface area contributed by atoms with E-state index in [2.05, 4.69) is 45.0 Å². The minimum Gasteiger partial charge on any atom is -0.327 e. The fraction of sp³-hybridized carbons (Fsp3) is 0.647. The molecule has 0 saturated heterocycles. The Balaban J connectivity index is 2.02. The zero-order valence-corrected chi connectivity index (χ0v) is 13.3. The predicted molar refractivity (Wildman–Crippen MR) is 85.8 cm³/mol. The van der Waals surface area contributed by atoms with Crippen molar-refractivity contribution in [1.29, 1.82) is 0 Å². The molecule has 106 valence electrons. The summed E-state index contributed by atoms with van der Waals surface area (Å²) in [7, 11) is 0. The van der Waals surface area contributed by atoms with Gasteiger partial charge in [0.15, 0.2) is 0 Å². The molecule has 2 rings (SSSR count). The summed E-state index contributed by atoms with van der Waals surface area (Å²) in [5, 5.41) is 0.600. The highest BCUT2D eigenvalue weighted by Crippen LogP contribution is 2.33. The van der Waals surface area contributed by atoms with Crippen LogP contribution in [0.2, 0.25) is 0 Å². The van der Waals surface area contributed by atoms with Crippen molar-refractivity contribution in [1.82, 2.24) is 0 Å². The Hall–Kier alpha value is -0.470. The maximum absolute atomic E-state index is 6.31. The molecule has 1 aliphatic rings. The molecular weight excluding hydrogens is 250 g/mol. The summed E-state index contributed by atoms with van der Waals surface area (Å²) in [4.78, 5) is 1.37. The van der Waals surface area contributed by atoms with Crippen molar-refractivity contribution in [2.24, 2.45) is 5.73 Å². The van der Waals surface area contributed by atoms with Gasteiger partial charge >= 0.3 is 0 Å². The third kappa shape index (κ3) is 4.25. The van der Waals surface area contributed by atoms with Crippen molar-refractivity contribution in [3.05, 3.63) is 29.8 Å². The molecule has 1 nitrogen and oxygen atoms in total. The molecule has 0 aromatic heterocycles. The van der Waals surface area contributed by atoms with Gasteiger partial charge in [0, 0.05) is 16.2 Å². The van der Waals surface area contributed by atoms with Crippen molar-refractivity contribution in [2.45, 2.75) is 74.5 Å². The lowest BCUT2D eigenvalue weighted by Crippen LogP contribution is -2.31. The van der Waals surface area contributed by atoms with Crippen molar-refractivity contribution < 1.29 is 0 Å². The molecule has 0 spiro atoms. The number of rotatable bonds is 2. The van der Waals surface area contributed by atoms with Gasteiger partial charge in [-0.25, -0.2) is 0 Å². The zero-order chi connectivity index (χ0) is 13.9. The molecule has 1 aliphatic carbocycles. The summed E-state index contributed by atoms with van der Waals surface area (Å²) in [5.74, 6) is 0. The minimum atomic E-state index is 0.238. The normalized spacial score (nSPS) is 25.1. The smallest absolute Gasteiger partial charge is 0.0246 e. The molecule has 0 aliphatic heterocycles. The van der Waals surface area contributed by atoms with Crippen molar-refractivity contribution in [3.63, 3.8) is 0 Å². The van der Waals surface area contributed by atoms with Gasteiger partial charge in [0.05, 0.1) is 0 Å². The lowest BCUT2D eigenvalue weighted by atomic mass is 9.87. The molecule has 2 N–H and O–H groups in total.